The van der Waals surface area contributed by atoms with Crippen molar-refractivity contribution in [2.24, 2.45) is 5.92 Å². The highest BCUT2D eigenvalue weighted by Crippen LogP contribution is 2.16. The van der Waals surface area contributed by atoms with Crippen LogP contribution in [-0.2, 0) is 0 Å². The van der Waals surface area contributed by atoms with E-state index in [2.05, 4.69) is 44.8 Å². The topological polar surface area (TPSA) is 12.0 Å². The van der Waals surface area contributed by atoms with Gasteiger partial charge in [-0.3, -0.25) is 0 Å². The van der Waals surface area contributed by atoms with Crippen LogP contribution in [0.2, 0.25) is 0 Å². The van der Waals surface area contributed by atoms with Gasteiger partial charge < -0.3 is 5.32 Å². The Morgan fingerprint density at radius 3 is 2.46 bits per heavy atom. The lowest BCUT2D eigenvalue weighted by atomic mass is 10.2. The summed E-state index contributed by atoms with van der Waals surface area (Å²) in [5.74, 6) is 2.11. The van der Waals surface area contributed by atoms with E-state index in [1.165, 1.54) is 31.7 Å². The molecular formula is C11H25NS. The molecule has 1 N–H and O–H groups in total. The van der Waals surface area contributed by atoms with Gasteiger partial charge in [-0.2, -0.15) is 11.8 Å². The lowest BCUT2D eigenvalue weighted by Gasteiger charge is -2.14. The molecule has 2 heteroatoms. The van der Waals surface area contributed by atoms with Crippen molar-refractivity contribution in [2.75, 3.05) is 18.8 Å². The van der Waals surface area contributed by atoms with Gasteiger partial charge in [-0.1, -0.05) is 27.7 Å². The van der Waals surface area contributed by atoms with Gasteiger partial charge in [0.05, 0.1) is 0 Å². The molecule has 0 rings (SSSR count). The van der Waals surface area contributed by atoms with Crippen LogP contribution in [0.3, 0.4) is 0 Å². The summed E-state index contributed by atoms with van der Waals surface area (Å²) in [6.07, 6.45) is 2.53. The van der Waals surface area contributed by atoms with Gasteiger partial charge >= 0.3 is 0 Å². The molecule has 1 nitrogen and oxygen atoms in total. The van der Waals surface area contributed by atoms with Gasteiger partial charge in [0.15, 0.2) is 0 Å². The number of rotatable bonds is 8. The van der Waals surface area contributed by atoms with E-state index in [1.54, 1.807) is 0 Å². The fourth-order valence-corrected chi connectivity index (χ4v) is 2.04. The van der Waals surface area contributed by atoms with Gasteiger partial charge in [-0.25, -0.2) is 0 Å². The molecule has 0 amide bonds. The van der Waals surface area contributed by atoms with E-state index in [-0.39, 0.29) is 0 Å². The maximum atomic E-state index is 3.46. The third-order valence-corrected chi connectivity index (χ3v) is 3.82. The first-order chi connectivity index (χ1) is 6.20. The van der Waals surface area contributed by atoms with E-state index in [4.69, 9.17) is 0 Å². The summed E-state index contributed by atoms with van der Waals surface area (Å²) >= 11 is 2.10. The Morgan fingerprint density at radius 2 is 1.92 bits per heavy atom. The van der Waals surface area contributed by atoms with E-state index in [9.17, 15) is 0 Å². The molecule has 0 aromatic rings. The van der Waals surface area contributed by atoms with Crippen molar-refractivity contribution < 1.29 is 0 Å². The van der Waals surface area contributed by atoms with Crippen LogP contribution in [0.1, 0.15) is 40.5 Å². The third kappa shape index (κ3) is 8.63. The summed E-state index contributed by atoms with van der Waals surface area (Å²) in [6, 6.07) is 0. The zero-order valence-electron chi connectivity index (χ0n) is 9.60. The molecule has 0 aliphatic heterocycles. The Balaban J connectivity index is 3.24. The third-order valence-electron chi connectivity index (χ3n) is 2.16. The minimum absolute atomic E-state index is 0.811. The van der Waals surface area contributed by atoms with Crippen LogP contribution in [0, 0.1) is 5.92 Å². The average Bonchev–Trinajstić information content (AvgIpc) is 2.14. The van der Waals surface area contributed by atoms with Crippen molar-refractivity contribution in [3.05, 3.63) is 0 Å². The highest BCUT2D eigenvalue weighted by molar-refractivity contribution is 7.99. The fourth-order valence-electron chi connectivity index (χ4n) is 1.03. The van der Waals surface area contributed by atoms with Gasteiger partial charge in [-0.05, 0) is 37.6 Å². The predicted molar refractivity (Wildman–Crippen MR) is 64.5 cm³/mol. The smallest absolute Gasteiger partial charge is 0.00162 e. The first-order valence-electron chi connectivity index (χ1n) is 5.53. The molecule has 0 heterocycles. The monoisotopic (exact) mass is 203 g/mol. The molecule has 0 saturated heterocycles. The first-order valence-corrected chi connectivity index (χ1v) is 6.57. The van der Waals surface area contributed by atoms with Crippen LogP contribution in [-0.4, -0.2) is 24.1 Å². The number of nitrogens with one attached hydrogen (secondary N) is 1. The molecule has 0 bridgehead atoms. The maximum absolute atomic E-state index is 3.46. The number of hydrogen-bond donors (Lipinski definition) is 1. The molecule has 0 aromatic carbocycles. The van der Waals surface area contributed by atoms with Gasteiger partial charge in [0.25, 0.3) is 0 Å². The summed E-state index contributed by atoms with van der Waals surface area (Å²) < 4.78 is 0. The Kier molecular flexibility index (Phi) is 9.10. The molecule has 0 fully saturated rings. The molecule has 0 spiro atoms. The molecule has 0 radical (unpaired) electrons. The van der Waals surface area contributed by atoms with E-state index < -0.39 is 0 Å². The zero-order valence-corrected chi connectivity index (χ0v) is 10.4. The fraction of sp³-hybridized carbons (Fsp3) is 1.00. The lowest BCUT2D eigenvalue weighted by molar-refractivity contribution is 0.556. The number of hydrogen-bond acceptors (Lipinski definition) is 2. The van der Waals surface area contributed by atoms with E-state index >= 15 is 0 Å². The van der Waals surface area contributed by atoms with Crippen LogP contribution < -0.4 is 5.32 Å². The van der Waals surface area contributed by atoms with Crippen molar-refractivity contribution >= 4 is 11.8 Å². The largest absolute Gasteiger partial charge is 0.316 e. The Morgan fingerprint density at radius 1 is 1.23 bits per heavy atom. The van der Waals surface area contributed by atoms with Crippen molar-refractivity contribution in [2.45, 2.75) is 45.8 Å². The van der Waals surface area contributed by atoms with Gasteiger partial charge in [0.1, 0.15) is 0 Å². The lowest BCUT2D eigenvalue weighted by Crippen LogP contribution is -2.23. The quantitative estimate of drug-likeness (QED) is 0.608. The Hall–Kier alpha value is 0.310. The molecule has 0 aliphatic rings. The second kappa shape index (κ2) is 8.89. The second-order valence-corrected chi connectivity index (χ2v) is 5.33. The van der Waals surface area contributed by atoms with E-state index in [1.807, 2.05) is 0 Å². The van der Waals surface area contributed by atoms with Crippen LogP contribution in [0.15, 0.2) is 0 Å². The summed E-state index contributed by atoms with van der Waals surface area (Å²) in [6.45, 7) is 11.5. The van der Waals surface area contributed by atoms with Crippen LogP contribution >= 0.6 is 11.8 Å². The van der Waals surface area contributed by atoms with Crippen molar-refractivity contribution in [3.63, 3.8) is 0 Å². The molecule has 2 atom stereocenters. The van der Waals surface area contributed by atoms with Gasteiger partial charge in [0.2, 0.25) is 0 Å². The van der Waals surface area contributed by atoms with Crippen LogP contribution in [0.25, 0.3) is 0 Å². The summed E-state index contributed by atoms with van der Waals surface area (Å²) in [4.78, 5) is 0. The number of thioether (sulfide) groups is 1. The molecular weight excluding hydrogens is 178 g/mol. The van der Waals surface area contributed by atoms with Crippen molar-refractivity contribution in [1.29, 1.82) is 0 Å². The summed E-state index contributed by atoms with van der Waals surface area (Å²) in [5, 5.41) is 4.29. The summed E-state index contributed by atoms with van der Waals surface area (Å²) in [5.41, 5.74) is 0. The predicted octanol–water partition coefficient (Wildman–Crippen LogP) is 3.15. The molecule has 2 unspecified atom stereocenters. The molecule has 0 aromatic heterocycles. The van der Waals surface area contributed by atoms with E-state index in [0.29, 0.717) is 0 Å². The van der Waals surface area contributed by atoms with Crippen LogP contribution in [0.5, 0.6) is 0 Å². The van der Waals surface area contributed by atoms with Gasteiger partial charge in [0, 0.05) is 5.25 Å². The highest BCUT2D eigenvalue weighted by atomic mass is 32.2. The average molecular weight is 203 g/mol. The molecule has 0 aliphatic carbocycles. The van der Waals surface area contributed by atoms with Gasteiger partial charge in [-0.15, -0.1) is 0 Å². The molecule has 13 heavy (non-hydrogen) atoms. The summed E-state index contributed by atoms with van der Waals surface area (Å²) in [7, 11) is 0. The minimum Gasteiger partial charge on any atom is -0.316 e. The Labute approximate surface area is 88.1 Å². The van der Waals surface area contributed by atoms with Crippen molar-refractivity contribution in [1.82, 2.24) is 5.32 Å². The maximum Gasteiger partial charge on any atom is 0.00162 e. The minimum atomic E-state index is 0.811. The second-order valence-electron chi connectivity index (χ2n) is 3.86. The standard InChI is InChI=1S/C11H25NS/c1-5-7-12-8-10(3)9-13-11(4)6-2/h10-12H,5-9H2,1-4H3. The van der Waals surface area contributed by atoms with E-state index in [0.717, 1.165) is 11.2 Å². The first kappa shape index (κ1) is 13.3. The van der Waals surface area contributed by atoms with Crippen LogP contribution in [0.4, 0.5) is 0 Å². The molecule has 80 valence electrons. The normalized spacial score (nSPS) is 15.7. The highest BCUT2D eigenvalue weighted by Gasteiger charge is 2.04. The Bertz CT molecular complexity index is 106. The SMILES string of the molecule is CCCNCC(C)CSC(C)CC. The van der Waals surface area contributed by atoms with Crippen molar-refractivity contribution in [3.8, 4) is 0 Å². The molecule has 0 saturated carbocycles. The zero-order chi connectivity index (χ0) is 10.1.